The molecule has 0 bridgehead atoms. The van der Waals surface area contributed by atoms with E-state index in [9.17, 15) is 13.2 Å². The number of amides is 1. The number of benzene rings is 1. The first-order chi connectivity index (χ1) is 9.86. The van der Waals surface area contributed by atoms with E-state index in [1.807, 2.05) is 6.26 Å². The molecule has 0 aliphatic rings. The standard InChI is InChI=1S/C13H21N3O3S2/c1-16(2)14-13(17)12(9-10-20-3)15-21(18,19)11-7-5-4-6-8-11/h4-8,12,15H,9-10H2,1-3H3,(H,14,17)/t12-/m1/s1. The third-order valence-electron chi connectivity index (χ3n) is 2.61. The Labute approximate surface area is 130 Å². The second-order valence-corrected chi connectivity index (χ2v) is 7.34. The zero-order valence-electron chi connectivity index (χ0n) is 12.4. The summed E-state index contributed by atoms with van der Waals surface area (Å²) < 4.78 is 27.0. The topological polar surface area (TPSA) is 78.5 Å². The lowest BCUT2D eigenvalue weighted by Gasteiger charge is -2.20. The average molecular weight is 331 g/mol. The Morgan fingerprint density at radius 1 is 1.29 bits per heavy atom. The van der Waals surface area contributed by atoms with Crippen LogP contribution in [0.25, 0.3) is 0 Å². The van der Waals surface area contributed by atoms with Crippen molar-refractivity contribution in [3.8, 4) is 0 Å². The highest BCUT2D eigenvalue weighted by Crippen LogP contribution is 2.10. The molecule has 21 heavy (non-hydrogen) atoms. The van der Waals surface area contributed by atoms with E-state index in [0.29, 0.717) is 12.2 Å². The number of nitrogens with zero attached hydrogens (tertiary/aromatic N) is 1. The average Bonchev–Trinajstić information content (AvgIpc) is 2.43. The van der Waals surface area contributed by atoms with Crippen LogP contribution in [0.4, 0.5) is 0 Å². The maximum atomic E-state index is 12.3. The summed E-state index contributed by atoms with van der Waals surface area (Å²) in [6.07, 6.45) is 2.33. The van der Waals surface area contributed by atoms with Gasteiger partial charge in [0, 0.05) is 14.1 Å². The van der Waals surface area contributed by atoms with Crippen LogP contribution in [0.3, 0.4) is 0 Å². The van der Waals surface area contributed by atoms with E-state index in [-0.39, 0.29) is 10.8 Å². The van der Waals surface area contributed by atoms with Gasteiger partial charge in [0.2, 0.25) is 10.0 Å². The SMILES string of the molecule is CSCC[C@@H](NS(=O)(=O)c1ccccc1)C(=O)NN(C)C. The van der Waals surface area contributed by atoms with Gasteiger partial charge in [-0.3, -0.25) is 10.2 Å². The summed E-state index contributed by atoms with van der Waals surface area (Å²) in [5, 5.41) is 1.49. The number of rotatable bonds is 8. The van der Waals surface area contributed by atoms with Crippen LogP contribution in [0.15, 0.2) is 35.2 Å². The molecule has 1 amide bonds. The van der Waals surface area contributed by atoms with Crippen molar-refractivity contribution in [3.05, 3.63) is 30.3 Å². The highest BCUT2D eigenvalue weighted by atomic mass is 32.2. The Hall–Kier alpha value is -1.09. The number of sulfonamides is 1. The molecule has 1 aromatic carbocycles. The van der Waals surface area contributed by atoms with Crippen molar-refractivity contribution in [1.29, 1.82) is 0 Å². The molecule has 0 fully saturated rings. The first-order valence-electron chi connectivity index (χ1n) is 6.41. The predicted octanol–water partition coefficient (Wildman–Crippen LogP) is 0.679. The lowest BCUT2D eigenvalue weighted by Crippen LogP contribution is -2.50. The summed E-state index contributed by atoms with van der Waals surface area (Å²) in [7, 11) is -0.358. The minimum Gasteiger partial charge on any atom is -0.288 e. The summed E-state index contributed by atoms with van der Waals surface area (Å²) in [6, 6.07) is 7.22. The Balaban J connectivity index is 2.87. The quantitative estimate of drug-likeness (QED) is 0.685. The molecule has 0 aliphatic carbocycles. The Kier molecular flexibility index (Phi) is 7.16. The van der Waals surface area contributed by atoms with Gasteiger partial charge in [-0.15, -0.1) is 0 Å². The van der Waals surface area contributed by atoms with Gasteiger partial charge in [-0.25, -0.2) is 13.4 Å². The molecule has 6 nitrogen and oxygen atoms in total. The van der Waals surface area contributed by atoms with Gasteiger partial charge in [0.25, 0.3) is 5.91 Å². The van der Waals surface area contributed by atoms with Crippen molar-refractivity contribution in [2.24, 2.45) is 0 Å². The molecule has 0 aromatic heterocycles. The number of thioether (sulfide) groups is 1. The molecule has 0 saturated heterocycles. The first kappa shape index (κ1) is 18.0. The molecular weight excluding hydrogens is 310 g/mol. The van der Waals surface area contributed by atoms with Crippen LogP contribution in [0.1, 0.15) is 6.42 Å². The van der Waals surface area contributed by atoms with Crippen LogP contribution in [0.5, 0.6) is 0 Å². The molecule has 0 aliphatic heterocycles. The van der Waals surface area contributed by atoms with E-state index in [4.69, 9.17) is 0 Å². The van der Waals surface area contributed by atoms with Gasteiger partial charge < -0.3 is 0 Å². The molecule has 1 atom stereocenters. The van der Waals surface area contributed by atoms with E-state index in [2.05, 4.69) is 10.1 Å². The van der Waals surface area contributed by atoms with E-state index in [1.165, 1.54) is 17.1 Å². The van der Waals surface area contributed by atoms with Crippen molar-refractivity contribution in [3.63, 3.8) is 0 Å². The second-order valence-electron chi connectivity index (χ2n) is 4.64. The minimum absolute atomic E-state index is 0.150. The minimum atomic E-state index is -3.71. The van der Waals surface area contributed by atoms with Crippen LogP contribution in [-0.4, -0.2) is 51.5 Å². The molecule has 0 saturated carbocycles. The summed E-state index contributed by atoms with van der Waals surface area (Å²) in [5.74, 6) is 0.316. The first-order valence-corrected chi connectivity index (χ1v) is 9.28. The van der Waals surface area contributed by atoms with Crippen LogP contribution in [-0.2, 0) is 14.8 Å². The number of hydrazine groups is 1. The van der Waals surface area contributed by atoms with Crippen molar-refractivity contribution in [2.45, 2.75) is 17.4 Å². The normalized spacial score (nSPS) is 13.1. The molecule has 118 valence electrons. The molecule has 0 radical (unpaired) electrons. The molecule has 8 heteroatoms. The highest BCUT2D eigenvalue weighted by Gasteiger charge is 2.25. The third-order valence-corrected chi connectivity index (χ3v) is 4.74. The third kappa shape index (κ3) is 6.04. The Bertz CT molecular complexity index is 547. The lowest BCUT2D eigenvalue weighted by molar-refractivity contribution is -0.126. The van der Waals surface area contributed by atoms with E-state index >= 15 is 0 Å². The van der Waals surface area contributed by atoms with Gasteiger partial charge in [-0.05, 0) is 30.6 Å². The molecule has 2 N–H and O–H groups in total. The van der Waals surface area contributed by atoms with Gasteiger partial charge in [-0.1, -0.05) is 18.2 Å². The Morgan fingerprint density at radius 2 is 1.90 bits per heavy atom. The lowest BCUT2D eigenvalue weighted by atomic mass is 10.2. The van der Waals surface area contributed by atoms with Crippen molar-refractivity contribution in [1.82, 2.24) is 15.2 Å². The zero-order valence-corrected chi connectivity index (χ0v) is 14.0. The smallest absolute Gasteiger partial charge is 0.252 e. The largest absolute Gasteiger partial charge is 0.288 e. The monoisotopic (exact) mass is 331 g/mol. The Morgan fingerprint density at radius 3 is 2.43 bits per heavy atom. The maximum absolute atomic E-state index is 12.3. The molecular formula is C13H21N3O3S2. The number of hydrogen-bond acceptors (Lipinski definition) is 5. The number of carbonyl (C=O) groups excluding carboxylic acids is 1. The summed E-state index contributed by atoms with van der Waals surface area (Å²) in [4.78, 5) is 12.2. The maximum Gasteiger partial charge on any atom is 0.252 e. The van der Waals surface area contributed by atoms with Crippen molar-refractivity contribution in [2.75, 3.05) is 26.1 Å². The second kappa shape index (κ2) is 8.38. The van der Waals surface area contributed by atoms with Crippen LogP contribution >= 0.6 is 11.8 Å². The predicted molar refractivity (Wildman–Crippen MR) is 85.4 cm³/mol. The molecule has 0 unspecified atom stereocenters. The molecule has 0 spiro atoms. The van der Waals surface area contributed by atoms with Gasteiger partial charge in [0.05, 0.1) is 4.90 Å². The van der Waals surface area contributed by atoms with Crippen molar-refractivity contribution >= 4 is 27.7 Å². The molecule has 0 heterocycles. The number of hydrogen-bond donors (Lipinski definition) is 2. The van der Waals surface area contributed by atoms with E-state index < -0.39 is 16.1 Å². The fraction of sp³-hybridized carbons (Fsp3) is 0.462. The summed E-state index contributed by atoms with van der Waals surface area (Å²) >= 11 is 1.56. The summed E-state index contributed by atoms with van der Waals surface area (Å²) in [6.45, 7) is 0. The van der Waals surface area contributed by atoms with Gasteiger partial charge in [0.1, 0.15) is 6.04 Å². The fourth-order valence-electron chi connectivity index (χ4n) is 1.63. The van der Waals surface area contributed by atoms with E-state index in [0.717, 1.165) is 0 Å². The number of carbonyl (C=O) groups is 1. The highest BCUT2D eigenvalue weighted by molar-refractivity contribution is 7.98. The van der Waals surface area contributed by atoms with E-state index in [1.54, 1.807) is 44.1 Å². The molecule has 1 rings (SSSR count). The van der Waals surface area contributed by atoms with Gasteiger partial charge >= 0.3 is 0 Å². The van der Waals surface area contributed by atoms with Crippen LogP contribution in [0, 0.1) is 0 Å². The molecule has 1 aromatic rings. The summed E-state index contributed by atoms with van der Waals surface area (Å²) in [5.41, 5.74) is 2.58. The fourth-order valence-corrected chi connectivity index (χ4v) is 3.35. The van der Waals surface area contributed by atoms with Crippen LogP contribution in [0.2, 0.25) is 0 Å². The zero-order chi connectivity index (χ0) is 15.9. The number of nitrogens with one attached hydrogen (secondary N) is 2. The van der Waals surface area contributed by atoms with Crippen molar-refractivity contribution < 1.29 is 13.2 Å². The van der Waals surface area contributed by atoms with Gasteiger partial charge in [-0.2, -0.15) is 16.5 Å². The van der Waals surface area contributed by atoms with Gasteiger partial charge in [0.15, 0.2) is 0 Å². The van der Waals surface area contributed by atoms with Crippen LogP contribution < -0.4 is 10.1 Å².